The van der Waals surface area contributed by atoms with Gasteiger partial charge in [0.25, 0.3) is 0 Å². The Hall–Kier alpha value is -0.600. The summed E-state index contributed by atoms with van der Waals surface area (Å²) in [6.07, 6.45) is 2.66. The van der Waals surface area contributed by atoms with Crippen LogP contribution >= 0.6 is 11.6 Å². The zero-order valence-electron chi connectivity index (χ0n) is 10.4. The molecule has 1 aromatic carbocycles. The highest BCUT2D eigenvalue weighted by molar-refractivity contribution is 6.30. The highest BCUT2D eigenvalue weighted by Gasteiger charge is 2.15. The Morgan fingerprint density at radius 2 is 1.94 bits per heavy atom. The number of rotatable bonds is 6. The van der Waals surface area contributed by atoms with Crippen LogP contribution in [0.4, 0.5) is 4.39 Å². The maximum absolute atomic E-state index is 13.6. The van der Waals surface area contributed by atoms with Gasteiger partial charge in [-0.05, 0) is 24.0 Å². The van der Waals surface area contributed by atoms with Crippen molar-refractivity contribution in [1.82, 2.24) is 0 Å². The van der Waals surface area contributed by atoms with Crippen LogP contribution in [0.15, 0.2) is 18.2 Å². The average molecular weight is 259 g/mol. The van der Waals surface area contributed by atoms with E-state index in [-0.39, 0.29) is 5.02 Å². The van der Waals surface area contributed by atoms with Crippen LogP contribution in [0.5, 0.6) is 0 Å². The molecule has 17 heavy (non-hydrogen) atoms. The van der Waals surface area contributed by atoms with E-state index in [1.54, 1.807) is 12.1 Å². The Morgan fingerprint density at radius 3 is 2.53 bits per heavy atom. The third-order valence-electron chi connectivity index (χ3n) is 3.25. The van der Waals surface area contributed by atoms with E-state index >= 15 is 0 Å². The second-order valence-electron chi connectivity index (χ2n) is 4.49. The molecular formula is C14H20ClFO. The molecule has 96 valence electrons. The van der Waals surface area contributed by atoms with Crippen LogP contribution in [0.2, 0.25) is 5.02 Å². The number of aliphatic hydroxyl groups excluding tert-OH is 1. The molecule has 0 fully saturated rings. The van der Waals surface area contributed by atoms with Gasteiger partial charge in [-0.25, -0.2) is 4.39 Å². The minimum absolute atomic E-state index is 0.122. The third-order valence-corrected chi connectivity index (χ3v) is 3.54. The van der Waals surface area contributed by atoms with Gasteiger partial charge in [0.15, 0.2) is 0 Å². The van der Waals surface area contributed by atoms with Crippen molar-refractivity contribution in [1.29, 1.82) is 0 Å². The van der Waals surface area contributed by atoms with Crippen LogP contribution in [0, 0.1) is 11.7 Å². The molecule has 1 aromatic rings. The monoisotopic (exact) mass is 258 g/mol. The van der Waals surface area contributed by atoms with Gasteiger partial charge in [0, 0.05) is 6.42 Å². The minimum Gasteiger partial charge on any atom is -0.393 e. The van der Waals surface area contributed by atoms with Crippen LogP contribution in [-0.4, -0.2) is 11.2 Å². The lowest BCUT2D eigenvalue weighted by Gasteiger charge is -2.17. The molecule has 0 amide bonds. The molecule has 0 heterocycles. The Kier molecular flexibility index (Phi) is 5.93. The Labute approximate surface area is 108 Å². The summed E-state index contributed by atoms with van der Waals surface area (Å²) < 4.78 is 13.6. The number of hydrogen-bond acceptors (Lipinski definition) is 1. The van der Waals surface area contributed by atoms with E-state index in [1.807, 2.05) is 0 Å². The quantitative estimate of drug-likeness (QED) is 0.810. The standard InChI is InChI=1S/C14H20ClFO/c1-3-10(4-2)8-12(17)9-11-6-5-7-13(15)14(11)16/h5-7,10,12,17H,3-4,8-9H2,1-2H3. The number of aliphatic hydroxyl groups is 1. The summed E-state index contributed by atoms with van der Waals surface area (Å²) in [6, 6.07) is 4.91. The van der Waals surface area contributed by atoms with Gasteiger partial charge < -0.3 is 5.11 Å². The van der Waals surface area contributed by atoms with Crippen LogP contribution in [0.25, 0.3) is 0 Å². The van der Waals surface area contributed by atoms with Crippen LogP contribution < -0.4 is 0 Å². The summed E-state index contributed by atoms with van der Waals surface area (Å²) in [5.74, 6) is 0.102. The predicted octanol–water partition coefficient (Wildman–Crippen LogP) is 4.21. The summed E-state index contributed by atoms with van der Waals surface area (Å²) in [7, 11) is 0. The van der Waals surface area contributed by atoms with Gasteiger partial charge in [0.1, 0.15) is 5.82 Å². The maximum Gasteiger partial charge on any atom is 0.145 e. The average Bonchev–Trinajstić information content (AvgIpc) is 2.32. The molecule has 0 aliphatic carbocycles. The highest BCUT2D eigenvalue weighted by atomic mass is 35.5. The van der Waals surface area contributed by atoms with Gasteiger partial charge in [-0.2, -0.15) is 0 Å². The van der Waals surface area contributed by atoms with Crippen LogP contribution in [0.1, 0.15) is 38.7 Å². The van der Waals surface area contributed by atoms with Gasteiger partial charge in [-0.1, -0.05) is 50.4 Å². The predicted molar refractivity (Wildman–Crippen MR) is 69.8 cm³/mol. The molecule has 1 rings (SSSR count). The van der Waals surface area contributed by atoms with Gasteiger partial charge in [0.2, 0.25) is 0 Å². The summed E-state index contributed by atoms with van der Waals surface area (Å²) in [6.45, 7) is 4.22. The van der Waals surface area contributed by atoms with Crippen molar-refractivity contribution >= 4 is 11.6 Å². The van der Waals surface area contributed by atoms with Gasteiger partial charge in [-0.15, -0.1) is 0 Å². The number of hydrogen-bond donors (Lipinski definition) is 1. The summed E-state index contributed by atoms with van der Waals surface area (Å²) in [5.41, 5.74) is 0.496. The summed E-state index contributed by atoms with van der Waals surface area (Å²) in [5, 5.41) is 10.1. The van der Waals surface area contributed by atoms with E-state index in [2.05, 4.69) is 13.8 Å². The second kappa shape index (κ2) is 6.97. The van der Waals surface area contributed by atoms with E-state index in [0.717, 1.165) is 19.3 Å². The minimum atomic E-state index is -0.493. The molecule has 0 spiro atoms. The first kappa shape index (κ1) is 14.5. The topological polar surface area (TPSA) is 20.2 Å². The summed E-state index contributed by atoms with van der Waals surface area (Å²) in [4.78, 5) is 0. The first-order valence-electron chi connectivity index (χ1n) is 6.19. The molecule has 0 aliphatic rings. The largest absolute Gasteiger partial charge is 0.393 e. The lowest BCUT2D eigenvalue weighted by molar-refractivity contribution is 0.138. The van der Waals surface area contributed by atoms with Crippen molar-refractivity contribution in [2.75, 3.05) is 0 Å². The molecule has 0 radical (unpaired) electrons. The molecule has 0 saturated heterocycles. The van der Waals surface area contributed by atoms with Gasteiger partial charge in [0.05, 0.1) is 11.1 Å². The number of benzene rings is 1. The van der Waals surface area contributed by atoms with Crippen LogP contribution in [-0.2, 0) is 6.42 Å². The summed E-state index contributed by atoms with van der Waals surface area (Å²) >= 11 is 5.70. The SMILES string of the molecule is CCC(CC)CC(O)Cc1cccc(Cl)c1F. The van der Waals surface area contributed by atoms with E-state index in [1.165, 1.54) is 6.07 Å². The Balaban J connectivity index is 2.61. The molecule has 1 N–H and O–H groups in total. The van der Waals surface area contributed by atoms with Crippen LogP contribution in [0.3, 0.4) is 0 Å². The fourth-order valence-electron chi connectivity index (χ4n) is 2.05. The Bertz CT molecular complexity index is 350. The fourth-order valence-corrected chi connectivity index (χ4v) is 2.24. The molecule has 3 heteroatoms. The molecule has 1 nitrogen and oxygen atoms in total. The lowest BCUT2D eigenvalue weighted by atomic mass is 9.93. The molecule has 0 aromatic heterocycles. The lowest BCUT2D eigenvalue weighted by Crippen LogP contribution is -2.16. The van der Waals surface area contributed by atoms with Crippen molar-refractivity contribution < 1.29 is 9.50 Å². The normalized spacial score (nSPS) is 13.1. The molecule has 0 aliphatic heterocycles. The van der Waals surface area contributed by atoms with E-state index < -0.39 is 11.9 Å². The van der Waals surface area contributed by atoms with E-state index in [0.29, 0.717) is 17.9 Å². The first-order valence-corrected chi connectivity index (χ1v) is 6.57. The molecule has 0 bridgehead atoms. The van der Waals surface area contributed by atoms with E-state index in [4.69, 9.17) is 11.6 Å². The smallest absolute Gasteiger partial charge is 0.145 e. The van der Waals surface area contributed by atoms with Crippen molar-refractivity contribution in [2.45, 2.75) is 45.6 Å². The second-order valence-corrected chi connectivity index (χ2v) is 4.90. The molecule has 1 atom stereocenters. The Morgan fingerprint density at radius 1 is 1.29 bits per heavy atom. The number of halogens is 2. The zero-order valence-corrected chi connectivity index (χ0v) is 11.2. The first-order chi connectivity index (χ1) is 8.08. The highest BCUT2D eigenvalue weighted by Crippen LogP contribution is 2.22. The van der Waals surface area contributed by atoms with Crippen molar-refractivity contribution in [3.63, 3.8) is 0 Å². The molecular weight excluding hydrogens is 239 g/mol. The van der Waals surface area contributed by atoms with Crippen molar-refractivity contribution in [3.8, 4) is 0 Å². The maximum atomic E-state index is 13.6. The fraction of sp³-hybridized carbons (Fsp3) is 0.571. The molecule has 1 unspecified atom stereocenters. The van der Waals surface area contributed by atoms with Gasteiger partial charge >= 0.3 is 0 Å². The van der Waals surface area contributed by atoms with Crippen molar-refractivity contribution in [3.05, 3.63) is 34.6 Å². The third kappa shape index (κ3) is 4.29. The van der Waals surface area contributed by atoms with Crippen molar-refractivity contribution in [2.24, 2.45) is 5.92 Å². The molecule has 0 saturated carbocycles. The van der Waals surface area contributed by atoms with E-state index in [9.17, 15) is 9.50 Å². The van der Waals surface area contributed by atoms with Gasteiger partial charge in [-0.3, -0.25) is 0 Å². The zero-order chi connectivity index (χ0) is 12.8.